The number of β-lactam (4-membered cyclic amide) rings is 1. The van der Waals surface area contributed by atoms with E-state index in [0.717, 1.165) is 16.6 Å². The van der Waals surface area contributed by atoms with Crippen LogP contribution in [0.25, 0.3) is 0 Å². The molecule has 2 aromatic rings. The third kappa shape index (κ3) is 4.84. The SMILES string of the molecule is CCn1cc(Cl)c(SCC2=C(C(=O)O)N3C(=O)[C@@H](NC(=O)Cc4cccs4)[C@@H]3SC2)nc1=O. The number of amides is 2. The van der Waals surface area contributed by atoms with E-state index in [2.05, 4.69) is 10.3 Å². The van der Waals surface area contributed by atoms with Gasteiger partial charge in [-0.3, -0.25) is 19.1 Å². The van der Waals surface area contributed by atoms with Gasteiger partial charge in [0.2, 0.25) is 5.91 Å². The molecule has 2 aliphatic heterocycles. The van der Waals surface area contributed by atoms with Gasteiger partial charge in [0.25, 0.3) is 5.91 Å². The van der Waals surface area contributed by atoms with E-state index in [1.165, 1.54) is 38.8 Å². The smallest absolute Gasteiger partial charge is 0.352 e. The molecule has 4 rings (SSSR count). The number of thioether (sulfide) groups is 2. The summed E-state index contributed by atoms with van der Waals surface area (Å²) in [5, 5.41) is 14.5. The van der Waals surface area contributed by atoms with Gasteiger partial charge in [-0.25, -0.2) is 9.59 Å². The number of carboxylic acids is 1. The molecule has 0 aromatic carbocycles. The fourth-order valence-electron chi connectivity index (χ4n) is 3.53. The highest BCUT2D eigenvalue weighted by molar-refractivity contribution is 8.01. The Labute approximate surface area is 206 Å². The van der Waals surface area contributed by atoms with Crippen molar-refractivity contribution in [3.63, 3.8) is 0 Å². The number of thiophene rings is 1. The Balaban J connectivity index is 1.47. The van der Waals surface area contributed by atoms with Crippen LogP contribution in [0.4, 0.5) is 0 Å². The van der Waals surface area contributed by atoms with Gasteiger partial charge >= 0.3 is 11.7 Å². The molecule has 174 valence electrons. The van der Waals surface area contributed by atoms with Gasteiger partial charge in [-0.1, -0.05) is 17.7 Å². The van der Waals surface area contributed by atoms with Crippen LogP contribution in [0.3, 0.4) is 0 Å². The summed E-state index contributed by atoms with van der Waals surface area (Å²) in [5.41, 5.74) is 0.00926. The molecule has 0 bridgehead atoms. The number of carboxylic acid groups (broad SMARTS) is 1. The molecule has 0 spiro atoms. The number of hydrogen-bond acceptors (Lipinski definition) is 8. The van der Waals surface area contributed by atoms with E-state index in [-0.39, 0.29) is 23.8 Å². The largest absolute Gasteiger partial charge is 0.477 e. The van der Waals surface area contributed by atoms with E-state index < -0.39 is 29.0 Å². The maximum Gasteiger partial charge on any atom is 0.352 e. The standard InChI is InChI=1S/C20H19ClN4O5S3/c1-2-24-7-12(21)16(23-20(24)30)32-8-10-9-33-18-14(17(27)25(18)15(10)19(28)29)22-13(26)6-11-4-3-5-31-11/h3-5,7,14,18H,2,6,8-9H2,1H3,(H,22,26)(H,28,29)/t14-,18+/m1/s1. The van der Waals surface area contributed by atoms with Gasteiger partial charge in [-0.05, 0) is 23.9 Å². The average molecular weight is 527 g/mol. The predicted octanol–water partition coefficient (Wildman–Crippen LogP) is 2.05. The fraction of sp³-hybridized carbons (Fsp3) is 0.350. The number of carbonyl (C=O) groups excluding carboxylic acids is 2. The molecule has 0 aliphatic carbocycles. The monoisotopic (exact) mass is 526 g/mol. The van der Waals surface area contributed by atoms with Crippen molar-refractivity contribution in [1.29, 1.82) is 0 Å². The highest BCUT2D eigenvalue weighted by Crippen LogP contribution is 2.41. The van der Waals surface area contributed by atoms with E-state index in [1.54, 1.807) is 6.92 Å². The van der Waals surface area contributed by atoms with Crippen LogP contribution in [-0.2, 0) is 27.3 Å². The molecule has 9 nitrogen and oxygen atoms in total. The molecular weight excluding hydrogens is 508 g/mol. The summed E-state index contributed by atoms with van der Waals surface area (Å²) in [6.45, 7) is 2.23. The lowest BCUT2D eigenvalue weighted by Crippen LogP contribution is -2.70. The van der Waals surface area contributed by atoms with Gasteiger partial charge in [0.15, 0.2) is 0 Å². The van der Waals surface area contributed by atoms with Crippen LogP contribution in [0.5, 0.6) is 0 Å². The van der Waals surface area contributed by atoms with Crippen molar-refractivity contribution < 1.29 is 19.5 Å². The summed E-state index contributed by atoms with van der Waals surface area (Å²) < 4.78 is 1.38. The summed E-state index contributed by atoms with van der Waals surface area (Å²) in [7, 11) is 0. The first-order valence-electron chi connectivity index (χ1n) is 9.91. The third-order valence-corrected chi connectivity index (χ3v) is 8.80. The normalized spacial score (nSPS) is 19.8. The van der Waals surface area contributed by atoms with Crippen molar-refractivity contribution in [1.82, 2.24) is 19.8 Å². The molecule has 2 N–H and O–H groups in total. The molecule has 0 radical (unpaired) electrons. The second-order valence-corrected chi connectivity index (χ2v) is 10.7. The number of halogens is 1. The van der Waals surface area contributed by atoms with Crippen molar-refractivity contribution in [2.24, 2.45) is 0 Å². The van der Waals surface area contributed by atoms with Gasteiger partial charge in [0, 0.05) is 29.1 Å². The first-order valence-corrected chi connectivity index (χ1v) is 13.2. The second kappa shape index (κ2) is 9.92. The Kier molecular flexibility index (Phi) is 7.17. The maximum atomic E-state index is 12.8. The van der Waals surface area contributed by atoms with Crippen LogP contribution < -0.4 is 11.0 Å². The fourth-order valence-corrected chi connectivity index (χ4v) is 6.91. The van der Waals surface area contributed by atoms with Gasteiger partial charge in [-0.2, -0.15) is 4.98 Å². The zero-order valence-corrected chi connectivity index (χ0v) is 20.5. The molecule has 0 saturated carbocycles. The minimum absolute atomic E-state index is 0.0852. The van der Waals surface area contributed by atoms with Crippen molar-refractivity contribution >= 4 is 64.2 Å². The molecule has 0 unspecified atom stereocenters. The van der Waals surface area contributed by atoms with Gasteiger partial charge in [-0.15, -0.1) is 34.9 Å². The summed E-state index contributed by atoms with van der Waals surface area (Å²) in [6, 6.07) is 2.93. The zero-order valence-electron chi connectivity index (χ0n) is 17.3. The van der Waals surface area contributed by atoms with E-state index in [0.29, 0.717) is 27.9 Å². The zero-order chi connectivity index (χ0) is 23.7. The molecule has 13 heteroatoms. The Morgan fingerprint density at radius 1 is 1.39 bits per heavy atom. The number of aromatic nitrogens is 2. The number of hydrogen-bond donors (Lipinski definition) is 2. The van der Waals surface area contributed by atoms with E-state index >= 15 is 0 Å². The van der Waals surface area contributed by atoms with E-state index in [1.807, 2.05) is 17.5 Å². The molecule has 2 aliphatic rings. The van der Waals surface area contributed by atoms with Crippen molar-refractivity contribution in [2.75, 3.05) is 11.5 Å². The van der Waals surface area contributed by atoms with Crippen LogP contribution in [-0.4, -0.2) is 60.3 Å². The number of aryl methyl sites for hydroxylation is 1. The number of rotatable bonds is 8. The van der Waals surface area contributed by atoms with Gasteiger partial charge in [0.05, 0.1) is 11.4 Å². The van der Waals surface area contributed by atoms with Gasteiger partial charge in [0.1, 0.15) is 22.1 Å². The second-order valence-electron chi connectivity index (χ2n) is 7.22. The minimum atomic E-state index is -1.21. The summed E-state index contributed by atoms with van der Waals surface area (Å²) in [5.74, 6) is -1.37. The maximum absolute atomic E-state index is 12.8. The minimum Gasteiger partial charge on any atom is -0.477 e. The van der Waals surface area contributed by atoms with E-state index in [9.17, 15) is 24.3 Å². The quantitative estimate of drug-likeness (QED) is 0.304. The van der Waals surface area contributed by atoms with Crippen molar-refractivity contribution in [3.05, 3.63) is 55.4 Å². The number of fused-ring (bicyclic) bond motifs is 1. The predicted molar refractivity (Wildman–Crippen MR) is 128 cm³/mol. The summed E-state index contributed by atoms with van der Waals surface area (Å²) >= 11 is 10.2. The third-order valence-electron chi connectivity index (χ3n) is 5.12. The lowest BCUT2D eigenvalue weighted by molar-refractivity contribution is -0.150. The Hall–Kier alpha value is -2.28. The average Bonchev–Trinajstić information content (AvgIpc) is 3.29. The number of carbonyl (C=O) groups is 3. The first-order chi connectivity index (χ1) is 15.8. The van der Waals surface area contributed by atoms with Crippen molar-refractivity contribution in [2.45, 2.75) is 36.3 Å². The first kappa shape index (κ1) is 23.9. The number of nitrogens with zero attached hydrogens (tertiary/aromatic N) is 3. The molecule has 33 heavy (non-hydrogen) atoms. The van der Waals surface area contributed by atoms with Crippen LogP contribution in [0, 0.1) is 0 Å². The van der Waals surface area contributed by atoms with Gasteiger partial charge < -0.3 is 10.4 Å². The number of aliphatic carboxylic acids is 1. The van der Waals surface area contributed by atoms with Crippen LogP contribution >= 0.6 is 46.5 Å². The van der Waals surface area contributed by atoms with Crippen LogP contribution in [0.1, 0.15) is 11.8 Å². The highest BCUT2D eigenvalue weighted by Gasteiger charge is 2.54. The summed E-state index contributed by atoms with van der Waals surface area (Å²) in [4.78, 5) is 55.2. The molecule has 4 heterocycles. The Morgan fingerprint density at radius 3 is 2.85 bits per heavy atom. The highest BCUT2D eigenvalue weighted by atomic mass is 35.5. The topological polar surface area (TPSA) is 122 Å². The molecule has 2 aromatic heterocycles. The molecular formula is C20H19ClN4O5S3. The Morgan fingerprint density at radius 2 is 2.18 bits per heavy atom. The lowest BCUT2D eigenvalue weighted by atomic mass is 10.0. The molecule has 2 atom stereocenters. The van der Waals surface area contributed by atoms with E-state index in [4.69, 9.17) is 11.6 Å². The van der Waals surface area contributed by atoms with Crippen LogP contribution in [0.2, 0.25) is 5.02 Å². The molecule has 1 saturated heterocycles. The van der Waals surface area contributed by atoms with Crippen LogP contribution in [0.15, 0.2) is 44.8 Å². The molecule has 2 amide bonds. The number of nitrogens with one attached hydrogen (secondary N) is 1. The summed E-state index contributed by atoms with van der Waals surface area (Å²) in [6.07, 6.45) is 1.67. The lowest BCUT2D eigenvalue weighted by Gasteiger charge is -2.49. The Bertz CT molecular complexity index is 1200. The molecule has 1 fully saturated rings. The van der Waals surface area contributed by atoms with Crippen molar-refractivity contribution in [3.8, 4) is 0 Å².